The Hall–Kier alpha value is -3.32. The van der Waals surface area contributed by atoms with Crippen LogP contribution in [-0.4, -0.2) is 24.7 Å². The maximum Gasteiger partial charge on any atom is 0.315 e. The highest BCUT2D eigenvalue weighted by Gasteiger charge is 2.15. The first-order valence-corrected chi connectivity index (χ1v) is 9.40. The van der Waals surface area contributed by atoms with Crippen molar-refractivity contribution in [2.75, 3.05) is 14.2 Å². The van der Waals surface area contributed by atoms with E-state index in [1.807, 2.05) is 34.9 Å². The van der Waals surface area contributed by atoms with Crippen molar-refractivity contribution < 1.29 is 18.7 Å². The molecule has 2 heterocycles. The van der Waals surface area contributed by atoms with Gasteiger partial charge in [0.05, 0.1) is 24.4 Å². The second-order valence-corrected chi connectivity index (χ2v) is 7.03. The Labute approximate surface area is 165 Å². The van der Waals surface area contributed by atoms with Crippen molar-refractivity contribution in [2.24, 2.45) is 4.99 Å². The molecule has 0 spiro atoms. The highest BCUT2D eigenvalue weighted by atomic mass is 32.1. The summed E-state index contributed by atoms with van der Waals surface area (Å²) in [5.41, 5.74) is 1.49. The standard InChI is InChI=1S/C21H18N2O4S/c1-4-10-23-15-9-8-14(25-2)12-18(15)28-21(23)22-20(24)17-11-13-6-5-7-16(26-3)19(13)27-17/h4-9,11-12H,1,10H2,2-3H3. The van der Waals surface area contributed by atoms with Crippen LogP contribution in [0.25, 0.3) is 21.2 Å². The minimum atomic E-state index is -0.449. The first-order chi connectivity index (χ1) is 13.6. The molecule has 0 radical (unpaired) electrons. The number of benzene rings is 2. The Kier molecular flexibility index (Phi) is 4.75. The summed E-state index contributed by atoms with van der Waals surface area (Å²) in [4.78, 5) is 17.7. The number of hydrogen-bond acceptors (Lipinski definition) is 5. The Morgan fingerprint density at radius 3 is 2.86 bits per heavy atom. The van der Waals surface area contributed by atoms with Crippen LogP contribution in [0, 0.1) is 0 Å². The lowest BCUT2D eigenvalue weighted by molar-refractivity contribution is 0.0973. The van der Waals surface area contributed by atoms with E-state index in [1.165, 1.54) is 11.3 Å². The molecule has 0 bridgehead atoms. The number of para-hydroxylation sites is 1. The summed E-state index contributed by atoms with van der Waals surface area (Å²) in [5.74, 6) is 1.04. The summed E-state index contributed by atoms with van der Waals surface area (Å²) in [6.07, 6.45) is 1.77. The lowest BCUT2D eigenvalue weighted by atomic mass is 10.2. The zero-order valence-electron chi connectivity index (χ0n) is 15.5. The Morgan fingerprint density at radius 2 is 2.11 bits per heavy atom. The molecule has 0 saturated heterocycles. The van der Waals surface area contributed by atoms with Crippen LogP contribution < -0.4 is 14.3 Å². The Balaban J connectivity index is 1.83. The van der Waals surface area contributed by atoms with E-state index in [4.69, 9.17) is 13.9 Å². The zero-order valence-corrected chi connectivity index (χ0v) is 16.3. The number of hydrogen-bond donors (Lipinski definition) is 0. The van der Waals surface area contributed by atoms with E-state index in [1.54, 1.807) is 32.4 Å². The van der Waals surface area contributed by atoms with Gasteiger partial charge in [0.15, 0.2) is 21.9 Å². The summed E-state index contributed by atoms with van der Waals surface area (Å²) in [7, 11) is 3.18. The molecule has 4 rings (SSSR count). The van der Waals surface area contributed by atoms with Crippen LogP contribution in [0.15, 0.2) is 64.5 Å². The molecule has 0 aliphatic rings. The van der Waals surface area contributed by atoms with Gasteiger partial charge in [-0.25, -0.2) is 0 Å². The van der Waals surface area contributed by atoms with Crippen LogP contribution >= 0.6 is 11.3 Å². The van der Waals surface area contributed by atoms with Crippen LogP contribution in [0.4, 0.5) is 0 Å². The molecular formula is C21H18N2O4S. The van der Waals surface area contributed by atoms with E-state index in [0.717, 1.165) is 21.4 Å². The molecule has 0 fully saturated rings. The van der Waals surface area contributed by atoms with E-state index in [0.29, 0.717) is 22.7 Å². The second-order valence-electron chi connectivity index (χ2n) is 6.02. The van der Waals surface area contributed by atoms with Gasteiger partial charge in [0, 0.05) is 11.9 Å². The number of carbonyl (C=O) groups excluding carboxylic acids is 1. The number of furan rings is 1. The number of fused-ring (bicyclic) bond motifs is 2. The van der Waals surface area contributed by atoms with Gasteiger partial charge in [-0.2, -0.15) is 4.99 Å². The summed E-state index contributed by atoms with van der Waals surface area (Å²) < 4.78 is 19.2. The second kappa shape index (κ2) is 7.36. The number of nitrogens with zero attached hydrogens (tertiary/aromatic N) is 2. The van der Waals surface area contributed by atoms with Gasteiger partial charge in [-0.3, -0.25) is 4.79 Å². The maximum absolute atomic E-state index is 12.8. The molecule has 0 unspecified atom stereocenters. The number of ether oxygens (including phenoxy) is 2. The summed E-state index contributed by atoms with van der Waals surface area (Å²) >= 11 is 1.41. The van der Waals surface area contributed by atoms with Crippen molar-refractivity contribution >= 4 is 38.4 Å². The van der Waals surface area contributed by atoms with E-state index in [9.17, 15) is 4.79 Å². The van der Waals surface area contributed by atoms with Crippen molar-refractivity contribution in [2.45, 2.75) is 6.54 Å². The average molecular weight is 394 g/mol. The summed E-state index contributed by atoms with van der Waals surface area (Å²) in [6.45, 7) is 4.34. The first kappa shape index (κ1) is 18.1. The van der Waals surface area contributed by atoms with Gasteiger partial charge in [-0.15, -0.1) is 6.58 Å². The van der Waals surface area contributed by atoms with E-state index < -0.39 is 5.91 Å². The fraction of sp³-hybridized carbons (Fsp3) is 0.143. The fourth-order valence-corrected chi connectivity index (χ4v) is 4.08. The molecule has 0 N–H and O–H groups in total. The van der Waals surface area contributed by atoms with Crippen molar-refractivity contribution in [1.82, 2.24) is 4.57 Å². The largest absolute Gasteiger partial charge is 0.497 e. The molecule has 142 valence electrons. The Morgan fingerprint density at radius 1 is 1.25 bits per heavy atom. The molecule has 4 aromatic rings. The van der Waals surface area contributed by atoms with Gasteiger partial charge in [0.25, 0.3) is 0 Å². The fourth-order valence-electron chi connectivity index (χ4n) is 3.02. The topological polar surface area (TPSA) is 66.0 Å². The van der Waals surface area contributed by atoms with Crippen molar-refractivity contribution in [3.8, 4) is 11.5 Å². The average Bonchev–Trinajstić information content (AvgIpc) is 3.29. The highest BCUT2D eigenvalue weighted by Crippen LogP contribution is 2.29. The molecule has 0 atom stereocenters. The molecule has 1 amide bonds. The minimum absolute atomic E-state index is 0.166. The molecule has 6 nitrogen and oxygen atoms in total. The molecule has 2 aromatic carbocycles. The van der Waals surface area contributed by atoms with Crippen LogP contribution in [0.2, 0.25) is 0 Å². The van der Waals surface area contributed by atoms with E-state index >= 15 is 0 Å². The van der Waals surface area contributed by atoms with E-state index in [-0.39, 0.29) is 5.76 Å². The normalized spacial score (nSPS) is 11.9. The number of rotatable bonds is 5. The van der Waals surface area contributed by atoms with Gasteiger partial charge < -0.3 is 18.5 Å². The van der Waals surface area contributed by atoms with E-state index in [2.05, 4.69) is 11.6 Å². The van der Waals surface area contributed by atoms with Gasteiger partial charge in [-0.05, 0) is 30.3 Å². The third-order valence-electron chi connectivity index (χ3n) is 4.34. The van der Waals surface area contributed by atoms with Crippen molar-refractivity contribution in [3.63, 3.8) is 0 Å². The maximum atomic E-state index is 12.8. The summed E-state index contributed by atoms with van der Waals surface area (Å²) in [6, 6.07) is 12.9. The molecular weight excluding hydrogens is 376 g/mol. The van der Waals surface area contributed by atoms with Gasteiger partial charge in [0.1, 0.15) is 5.75 Å². The van der Waals surface area contributed by atoms with Crippen LogP contribution in [0.3, 0.4) is 0 Å². The van der Waals surface area contributed by atoms with Gasteiger partial charge in [0.2, 0.25) is 0 Å². The molecule has 0 aliphatic heterocycles. The third kappa shape index (κ3) is 3.10. The molecule has 28 heavy (non-hydrogen) atoms. The van der Waals surface area contributed by atoms with Crippen LogP contribution in [-0.2, 0) is 6.54 Å². The molecule has 7 heteroatoms. The van der Waals surface area contributed by atoms with Crippen molar-refractivity contribution in [3.05, 3.63) is 65.7 Å². The predicted octanol–water partition coefficient (Wildman–Crippen LogP) is 4.39. The first-order valence-electron chi connectivity index (χ1n) is 8.58. The van der Waals surface area contributed by atoms with Gasteiger partial charge in [-0.1, -0.05) is 29.5 Å². The number of thiazole rings is 1. The van der Waals surface area contributed by atoms with Crippen LogP contribution in [0.5, 0.6) is 11.5 Å². The molecule has 0 saturated carbocycles. The minimum Gasteiger partial charge on any atom is -0.497 e. The zero-order chi connectivity index (χ0) is 19.7. The number of aromatic nitrogens is 1. The van der Waals surface area contributed by atoms with Crippen molar-refractivity contribution in [1.29, 1.82) is 0 Å². The number of methoxy groups -OCH3 is 2. The van der Waals surface area contributed by atoms with Gasteiger partial charge >= 0.3 is 5.91 Å². The quantitative estimate of drug-likeness (QED) is 0.471. The lowest BCUT2D eigenvalue weighted by Gasteiger charge is -2.02. The molecule has 0 aliphatic carbocycles. The smallest absolute Gasteiger partial charge is 0.315 e. The number of carbonyl (C=O) groups is 1. The lowest BCUT2D eigenvalue weighted by Crippen LogP contribution is -2.16. The SMILES string of the molecule is C=CCn1c(=NC(=O)c2cc3cccc(OC)c3o2)sc2cc(OC)ccc21. The number of allylic oxidation sites excluding steroid dienone is 1. The predicted molar refractivity (Wildman–Crippen MR) is 109 cm³/mol. The number of amides is 1. The monoisotopic (exact) mass is 394 g/mol. The van der Waals surface area contributed by atoms with Crippen LogP contribution in [0.1, 0.15) is 10.6 Å². The summed E-state index contributed by atoms with van der Waals surface area (Å²) in [5, 5.41) is 0.790. The highest BCUT2D eigenvalue weighted by molar-refractivity contribution is 7.16. The Bertz CT molecular complexity index is 1260. The third-order valence-corrected chi connectivity index (χ3v) is 5.38. The molecule has 2 aromatic heterocycles.